The third kappa shape index (κ3) is 3.60. The smallest absolute Gasteiger partial charge is 0.261 e. The third-order valence-electron chi connectivity index (χ3n) is 4.65. The first-order valence-corrected chi connectivity index (χ1v) is 9.05. The van der Waals surface area contributed by atoms with Gasteiger partial charge >= 0.3 is 0 Å². The minimum atomic E-state index is -0.330. The molecule has 0 aliphatic heterocycles. The van der Waals surface area contributed by atoms with Gasteiger partial charge in [-0.1, -0.05) is 13.8 Å². The summed E-state index contributed by atoms with van der Waals surface area (Å²) in [6.45, 7) is 4.22. The van der Waals surface area contributed by atoms with E-state index in [1.54, 1.807) is 51.6 Å². The number of amides is 1. The number of anilines is 1. The van der Waals surface area contributed by atoms with E-state index in [0.29, 0.717) is 28.6 Å². The van der Waals surface area contributed by atoms with E-state index in [2.05, 4.69) is 24.0 Å². The molecule has 2 aromatic carbocycles. The first kappa shape index (κ1) is 19.5. The number of carbonyl (C=O) groups is 1. The van der Waals surface area contributed by atoms with Gasteiger partial charge in [-0.15, -0.1) is 0 Å². The van der Waals surface area contributed by atoms with E-state index in [1.807, 2.05) is 0 Å². The molecular weight excluding hydrogens is 358 g/mol. The number of phenols is 1. The molecule has 0 spiro atoms. The van der Waals surface area contributed by atoms with Crippen molar-refractivity contribution in [3.05, 3.63) is 41.6 Å². The number of phenolic OH excluding ortho intramolecular Hbond substituents is 1. The van der Waals surface area contributed by atoms with Crippen LogP contribution in [-0.4, -0.2) is 42.5 Å². The molecule has 7 nitrogen and oxygen atoms in total. The van der Waals surface area contributed by atoms with Crippen molar-refractivity contribution < 1.29 is 19.4 Å². The average molecular weight is 383 g/mol. The van der Waals surface area contributed by atoms with E-state index in [4.69, 9.17) is 9.47 Å². The Morgan fingerprint density at radius 3 is 2.54 bits per heavy atom. The number of fused-ring (bicyclic) bond motifs is 1. The minimum absolute atomic E-state index is 0.0930. The predicted octanol–water partition coefficient (Wildman–Crippen LogP) is 3.76. The highest BCUT2D eigenvalue weighted by atomic mass is 16.5. The Labute approximate surface area is 163 Å². The summed E-state index contributed by atoms with van der Waals surface area (Å²) in [6.07, 6.45) is 0.782. The summed E-state index contributed by atoms with van der Waals surface area (Å²) in [6, 6.07) is 8.45. The summed E-state index contributed by atoms with van der Waals surface area (Å²) in [5.41, 5.74) is 2.43. The molecule has 148 valence electrons. The van der Waals surface area contributed by atoms with Crippen LogP contribution in [0.15, 0.2) is 30.3 Å². The lowest BCUT2D eigenvalue weighted by atomic mass is 10.0. The van der Waals surface area contributed by atoms with Gasteiger partial charge in [0.25, 0.3) is 5.91 Å². The van der Waals surface area contributed by atoms with Gasteiger partial charge in [-0.25, -0.2) is 0 Å². The molecule has 0 saturated heterocycles. The molecule has 3 rings (SSSR count). The lowest BCUT2D eigenvalue weighted by molar-refractivity contribution is 0.0990. The Kier molecular flexibility index (Phi) is 5.44. The summed E-state index contributed by atoms with van der Waals surface area (Å²) in [4.78, 5) is 14.5. The first-order chi connectivity index (χ1) is 13.3. The highest BCUT2D eigenvalue weighted by Crippen LogP contribution is 2.33. The zero-order valence-corrected chi connectivity index (χ0v) is 16.7. The number of ether oxygens (including phenoxy) is 2. The Balaban J connectivity index is 1.99. The van der Waals surface area contributed by atoms with E-state index in [1.165, 1.54) is 4.90 Å². The van der Waals surface area contributed by atoms with Crippen molar-refractivity contribution in [1.82, 2.24) is 10.2 Å². The van der Waals surface area contributed by atoms with Crippen molar-refractivity contribution in [2.24, 2.45) is 5.92 Å². The zero-order valence-electron chi connectivity index (χ0n) is 16.7. The number of benzene rings is 2. The number of H-pyrrole nitrogens is 1. The third-order valence-corrected chi connectivity index (χ3v) is 4.65. The van der Waals surface area contributed by atoms with Crippen LogP contribution in [0.1, 0.15) is 29.9 Å². The van der Waals surface area contributed by atoms with Crippen molar-refractivity contribution in [3.63, 3.8) is 0 Å². The van der Waals surface area contributed by atoms with Crippen LogP contribution in [0, 0.1) is 5.92 Å². The molecule has 1 heterocycles. The van der Waals surface area contributed by atoms with Gasteiger partial charge in [-0.05, 0) is 30.5 Å². The van der Waals surface area contributed by atoms with Gasteiger partial charge < -0.3 is 19.5 Å². The van der Waals surface area contributed by atoms with Crippen LogP contribution >= 0.6 is 0 Å². The van der Waals surface area contributed by atoms with Crippen molar-refractivity contribution in [3.8, 4) is 17.2 Å². The van der Waals surface area contributed by atoms with Crippen LogP contribution in [-0.2, 0) is 6.42 Å². The van der Waals surface area contributed by atoms with E-state index >= 15 is 0 Å². The van der Waals surface area contributed by atoms with Gasteiger partial charge in [0.05, 0.1) is 31.0 Å². The normalized spacial score (nSPS) is 11.1. The Morgan fingerprint density at radius 2 is 1.89 bits per heavy atom. The number of methoxy groups -OCH3 is 2. The van der Waals surface area contributed by atoms with Crippen LogP contribution in [0.4, 0.5) is 5.69 Å². The van der Waals surface area contributed by atoms with Gasteiger partial charge in [0.15, 0.2) is 11.5 Å². The fourth-order valence-corrected chi connectivity index (χ4v) is 3.15. The molecule has 0 aliphatic rings. The number of aromatic amines is 1. The molecule has 1 aromatic heterocycles. The highest BCUT2D eigenvalue weighted by Gasteiger charge is 2.21. The van der Waals surface area contributed by atoms with Crippen LogP contribution in [0.5, 0.6) is 17.2 Å². The number of carbonyl (C=O) groups excluding carboxylic acids is 1. The molecule has 7 heteroatoms. The number of nitrogens with zero attached hydrogens (tertiary/aromatic N) is 2. The fraction of sp³-hybridized carbons (Fsp3) is 0.333. The van der Waals surface area contributed by atoms with Crippen molar-refractivity contribution in [1.29, 1.82) is 0 Å². The summed E-state index contributed by atoms with van der Waals surface area (Å²) in [5.74, 6) is 1.10. The summed E-state index contributed by atoms with van der Waals surface area (Å²) in [7, 11) is 4.75. The Morgan fingerprint density at radius 1 is 1.18 bits per heavy atom. The molecule has 0 fully saturated rings. The van der Waals surface area contributed by atoms with Crippen molar-refractivity contribution in [2.75, 3.05) is 26.2 Å². The van der Waals surface area contributed by atoms with E-state index < -0.39 is 0 Å². The number of hydrogen-bond acceptors (Lipinski definition) is 5. The topological polar surface area (TPSA) is 87.7 Å². The maximum Gasteiger partial charge on any atom is 0.261 e. The molecule has 0 unspecified atom stereocenters. The molecule has 28 heavy (non-hydrogen) atoms. The van der Waals surface area contributed by atoms with Gasteiger partial charge in [-0.2, -0.15) is 5.10 Å². The molecule has 0 saturated carbocycles. The first-order valence-electron chi connectivity index (χ1n) is 9.05. The largest absolute Gasteiger partial charge is 0.507 e. The molecule has 0 aliphatic carbocycles. The maximum atomic E-state index is 13.1. The molecule has 3 aromatic rings. The summed E-state index contributed by atoms with van der Waals surface area (Å²) >= 11 is 0. The van der Waals surface area contributed by atoms with Gasteiger partial charge in [-0.3, -0.25) is 9.89 Å². The minimum Gasteiger partial charge on any atom is -0.507 e. The quantitative estimate of drug-likeness (QED) is 0.677. The molecule has 0 bridgehead atoms. The SMILES string of the molecule is COc1ccc(N(C)C(=O)c2cc3c(CC(C)C)n[nH]c3cc2O)cc1OC. The van der Waals surface area contributed by atoms with Crippen LogP contribution in [0.25, 0.3) is 10.9 Å². The number of rotatable bonds is 6. The van der Waals surface area contributed by atoms with Crippen LogP contribution < -0.4 is 14.4 Å². The lowest BCUT2D eigenvalue weighted by Gasteiger charge is -2.19. The second-order valence-corrected chi connectivity index (χ2v) is 7.09. The van der Waals surface area contributed by atoms with E-state index in [9.17, 15) is 9.90 Å². The Hall–Kier alpha value is -3.22. The van der Waals surface area contributed by atoms with E-state index in [0.717, 1.165) is 17.5 Å². The number of aromatic hydroxyl groups is 1. The maximum absolute atomic E-state index is 13.1. The number of nitrogens with one attached hydrogen (secondary N) is 1. The van der Waals surface area contributed by atoms with Crippen LogP contribution in [0.3, 0.4) is 0 Å². The van der Waals surface area contributed by atoms with Gasteiger partial charge in [0.2, 0.25) is 0 Å². The lowest BCUT2D eigenvalue weighted by Crippen LogP contribution is -2.26. The second-order valence-electron chi connectivity index (χ2n) is 7.09. The standard InChI is InChI=1S/C21H25N3O4/c1-12(2)8-16-14-10-15(18(25)11-17(14)23-22-16)21(26)24(3)13-6-7-19(27-4)20(9-13)28-5/h6-7,9-12,25H,8H2,1-5H3,(H,22,23). The van der Waals surface area contributed by atoms with Crippen molar-refractivity contribution >= 4 is 22.5 Å². The molecule has 0 atom stereocenters. The van der Waals surface area contributed by atoms with Crippen molar-refractivity contribution in [2.45, 2.75) is 20.3 Å². The summed E-state index contributed by atoms with van der Waals surface area (Å²) < 4.78 is 10.6. The molecule has 0 radical (unpaired) electrons. The second kappa shape index (κ2) is 7.80. The van der Waals surface area contributed by atoms with Gasteiger partial charge in [0.1, 0.15) is 5.75 Å². The summed E-state index contributed by atoms with van der Waals surface area (Å²) in [5, 5.41) is 18.5. The number of hydrogen-bond donors (Lipinski definition) is 2. The zero-order chi connectivity index (χ0) is 20.4. The van der Waals surface area contributed by atoms with Crippen LogP contribution in [0.2, 0.25) is 0 Å². The number of aromatic nitrogens is 2. The average Bonchev–Trinajstić information content (AvgIpc) is 3.06. The highest BCUT2D eigenvalue weighted by molar-refractivity contribution is 6.09. The van der Waals surface area contributed by atoms with Gasteiger partial charge in [0, 0.05) is 30.3 Å². The monoisotopic (exact) mass is 383 g/mol. The van der Waals surface area contributed by atoms with E-state index in [-0.39, 0.29) is 17.2 Å². The molecular formula is C21H25N3O4. The Bertz CT molecular complexity index is 1010. The predicted molar refractivity (Wildman–Crippen MR) is 109 cm³/mol. The molecule has 1 amide bonds. The molecule has 2 N–H and O–H groups in total. The fourth-order valence-electron chi connectivity index (χ4n) is 3.15.